The zero-order chi connectivity index (χ0) is 18.7. The summed E-state index contributed by atoms with van der Waals surface area (Å²) >= 11 is 0. The third-order valence-electron chi connectivity index (χ3n) is 6.21. The largest absolute Gasteiger partial charge is 0.347 e. The van der Waals surface area contributed by atoms with E-state index in [1.165, 1.54) is 18.9 Å². The fraction of sp³-hybridized carbons (Fsp3) is 0.556. The standard InChI is InChI=1S/C18H21FN2O4S/c1-26(24,25)8-11-6-12(19)2-3-15(11)21-17(23)16(22)20-9-18-7-10-4-13(18)14(18)5-10/h2-3,6,10,13-14H,4-5,7-9H2,1H3,(H,20,22)(H,21,23). The van der Waals surface area contributed by atoms with E-state index < -0.39 is 33.2 Å². The number of benzene rings is 1. The van der Waals surface area contributed by atoms with Gasteiger partial charge in [-0.05, 0) is 66.2 Å². The average molecular weight is 380 g/mol. The van der Waals surface area contributed by atoms with Gasteiger partial charge in [-0.2, -0.15) is 0 Å². The maximum absolute atomic E-state index is 13.4. The van der Waals surface area contributed by atoms with E-state index in [-0.39, 0.29) is 16.7 Å². The third-order valence-corrected chi connectivity index (χ3v) is 7.05. The first kappa shape index (κ1) is 17.5. The number of hydrogen-bond acceptors (Lipinski definition) is 4. The van der Waals surface area contributed by atoms with Gasteiger partial charge in [-0.3, -0.25) is 9.59 Å². The molecule has 0 saturated heterocycles. The van der Waals surface area contributed by atoms with Crippen LogP contribution in [0.25, 0.3) is 0 Å². The highest BCUT2D eigenvalue weighted by atomic mass is 32.2. The van der Waals surface area contributed by atoms with Crippen LogP contribution in [0.1, 0.15) is 24.8 Å². The molecule has 5 rings (SSSR count). The first-order chi connectivity index (χ1) is 12.2. The first-order valence-corrected chi connectivity index (χ1v) is 10.8. The lowest BCUT2D eigenvalue weighted by molar-refractivity contribution is -0.136. The van der Waals surface area contributed by atoms with Crippen LogP contribution in [0, 0.1) is 29.0 Å². The highest BCUT2D eigenvalue weighted by molar-refractivity contribution is 7.89. The summed E-state index contributed by atoms with van der Waals surface area (Å²) < 4.78 is 36.4. The summed E-state index contributed by atoms with van der Waals surface area (Å²) in [4.78, 5) is 24.3. The Morgan fingerprint density at radius 1 is 1.23 bits per heavy atom. The van der Waals surface area contributed by atoms with E-state index in [0.29, 0.717) is 18.4 Å². The molecule has 0 radical (unpaired) electrons. The number of nitrogens with one attached hydrogen (secondary N) is 2. The molecule has 0 aliphatic heterocycles. The number of sulfone groups is 1. The van der Waals surface area contributed by atoms with Crippen molar-refractivity contribution in [3.8, 4) is 0 Å². The topological polar surface area (TPSA) is 92.3 Å². The van der Waals surface area contributed by atoms with Gasteiger partial charge in [0.2, 0.25) is 0 Å². The average Bonchev–Trinajstić information content (AvgIpc) is 2.99. The number of amides is 2. The molecule has 1 aromatic rings. The molecule has 0 spiro atoms. The van der Waals surface area contributed by atoms with Gasteiger partial charge in [0.1, 0.15) is 5.82 Å². The van der Waals surface area contributed by atoms with Crippen LogP contribution < -0.4 is 10.6 Å². The lowest BCUT2D eigenvalue weighted by Crippen LogP contribution is -2.39. The minimum absolute atomic E-state index is 0.117. The van der Waals surface area contributed by atoms with Crippen molar-refractivity contribution in [2.75, 3.05) is 18.1 Å². The number of halogens is 1. The Morgan fingerprint density at radius 3 is 2.50 bits per heavy atom. The summed E-state index contributed by atoms with van der Waals surface area (Å²) in [6, 6.07) is 3.43. The summed E-state index contributed by atoms with van der Waals surface area (Å²) in [5.41, 5.74) is 0.450. The van der Waals surface area contributed by atoms with Crippen molar-refractivity contribution in [3.05, 3.63) is 29.6 Å². The molecule has 0 aromatic heterocycles. The summed E-state index contributed by atoms with van der Waals surface area (Å²) in [5.74, 6) is -0.452. The van der Waals surface area contributed by atoms with Crippen molar-refractivity contribution < 1.29 is 22.4 Å². The summed E-state index contributed by atoms with van der Waals surface area (Å²) in [5, 5.41) is 5.12. The van der Waals surface area contributed by atoms with Crippen LogP contribution in [0.5, 0.6) is 0 Å². The fourth-order valence-electron chi connectivity index (χ4n) is 5.21. The molecule has 2 atom stereocenters. The van der Waals surface area contributed by atoms with E-state index in [1.54, 1.807) is 0 Å². The molecule has 4 fully saturated rings. The van der Waals surface area contributed by atoms with Gasteiger partial charge in [-0.1, -0.05) is 0 Å². The van der Waals surface area contributed by atoms with Crippen LogP contribution in [-0.2, 0) is 25.2 Å². The zero-order valence-electron chi connectivity index (χ0n) is 14.4. The molecule has 8 heteroatoms. The number of hydrogen-bond donors (Lipinski definition) is 2. The second-order valence-electron chi connectivity index (χ2n) is 8.00. The Hall–Kier alpha value is -1.96. The Morgan fingerprint density at radius 2 is 1.92 bits per heavy atom. The number of anilines is 1. The Bertz CT molecular complexity index is 886. The molecule has 2 amide bonds. The van der Waals surface area contributed by atoms with Crippen molar-refractivity contribution in [3.63, 3.8) is 0 Å². The Labute approximate surface area is 151 Å². The molecule has 4 bridgehead atoms. The molecular formula is C18H21FN2O4S. The minimum atomic E-state index is -3.42. The van der Waals surface area contributed by atoms with Crippen LogP contribution in [0.2, 0.25) is 0 Å². The smallest absolute Gasteiger partial charge is 0.313 e. The fourth-order valence-corrected chi connectivity index (χ4v) is 6.02. The predicted molar refractivity (Wildman–Crippen MR) is 93.3 cm³/mol. The van der Waals surface area contributed by atoms with E-state index in [0.717, 1.165) is 30.7 Å². The maximum Gasteiger partial charge on any atom is 0.313 e. The van der Waals surface area contributed by atoms with Crippen LogP contribution in [0.15, 0.2) is 18.2 Å². The van der Waals surface area contributed by atoms with E-state index >= 15 is 0 Å². The van der Waals surface area contributed by atoms with Gasteiger partial charge < -0.3 is 10.6 Å². The van der Waals surface area contributed by atoms with Gasteiger partial charge in [0.05, 0.1) is 5.75 Å². The number of rotatable bonds is 5. The van der Waals surface area contributed by atoms with Crippen LogP contribution in [0.3, 0.4) is 0 Å². The van der Waals surface area contributed by atoms with E-state index in [2.05, 4.69) is 10.6 Å². The molecule has 4 aliphatic rings. The molecule has 2 N–H and O–H groups in total. The van der Waals surface area contributed by atoms with Crippen LogP contribution >= 0.6 is 0 Å². The molecule has 140 valence electrons. The van der Waals surface area contributed by atoms with Gasteiger partial charge in [0.15, 0.2) is 9.84 Å². The Balaban J connectivity index is 1.39. The molecular weight excluding hydrogens is 359 g/mol. The highest BCUT2D eigenvalue weighted by Crippen LogP contribution is 2.78. The molecule has 4 aliphatic carbocycles. The van der Waals surface area contributed by atoms with Crippen molar-refractivity contribution in [2.45, 2.75) is 25.0 Å². The van der Waals surface area contributed by atoms with Gasteiger partial charge in [0.25, 0.3) is 0 Å². The van der Waals surface area contributed by atoms with E-state index in [1.807, 2.05) is 0 Å². The second kappa shape index (κ2) is 5.77. The predicted octanol–water partition coefficient (Wildman–Crippen LogP) is 1.47. The van der Waals surface area contributed by atoms with E-state index in [9.17, 15) is 22.4 Å². The van der Waals surface area contributed by atoms with Crippen LogP contribution in [-0.4, -0.2) is 33.0 Å². The number of carbonyl (C=O) groups excluding carboxylic acids is 2. The normalized spacial score (nSPS) is 30.9. The van der Waals surface area contributed by atoms with Gasteiger partial charge in [-0.15, -0.1) is 0 Å². The first-order valence-electron chi connectivity index (χ1n) is 8.73. The SMILES string of the molecule is CS(=O)(=O)Cc1cc(F)ccc1NC(=O)C(=O)NCC12CC3CC1C2C3. The lowest BCUT2D eigenvalue weighted by atomic mass is 10.0. The lowest BCUT2D eigenvalue weighted by Gasteiger charge is -2.14. The van der Waals surface area contributed by atoms with Crippen molar-refractivity contribution >= 4 is 27.3 Å². The van der Waals surface area contributed by atoms with E-state index in [4.69, 9.17) is 0 Å². The number of carbonyl (C=O) groups is 2. The second-order valence-corrected chi connectivity index (χ2v) is 10.1. The molecule has 0 heterocycles. The maximum atomic E-state index is 13.4. The van der Waals surface area contributed by atoms with Gasteiger partial charge in [0, 0.05) is 18.5 Å². The highest BCUT2D eigenvalue weighted by Gasteiger charge is 2.73. The van der Waals surface area contributed by atoms with Crippen molar-refractivity contribution in [1.82, 2.24) is 5.32 Å². The molecule has 1 aromatic carbocycles. The summed E-state index contributed by atoms with van der Waals surface area (Å²) in [7, 11) is -3.42. The molecule has 6 nitrogen and oxygen atoms in total. The van der Waals surface area contributed by atoms with Crippen molar-refractivity contribution in [2.24, 2.45) is 23.2 Å². The van der Waals surface area contributed by atoms with Crippen LogP contribution in [0.4, 0.5) is 10.1 Å². The summed E-state index contributed by atoms with van der Waals surface area (Å²) in [6.07, 6.45) is 4.66. The third kappa shape index (κ3) is 3.00. The molecule has 4 saturated carbocycles. The molecule has 2 unspecified atom stereocenters. The molecule has 26 heavy (non-hydrogen) atoms. The van der Waals surface area contributed by atoms with Gasteiger partial charge >= 0.3 is 11.8 Å². The monoisotopic (exact) mass is 380 g/mol. The summed E-state index contributed by atoms with van der Waals surface area (Å²) in [6.45, 7) is 0.519. The van der Waals surface area contributed by atoms with Gasteiger partial charge in [-0.25, -0.2) is 12.8 Å². The Kier molecular flexibility index (Phi) is 3.87. The van der Waals surface area contributed by atoms with Crippen molar-refractivity contribution in [1.29, 1.82) is 0 Å². The minimum Gasteiger partial charge on any atom is -0.347 e. The quantitative estimate of drug-likeness (QED) is 0.757. The zero-order valence-corrected chi connectivity index (χ0v) is 15.2.